The highest BCUT2D eigenvalue weighted by Crippen LogP contribution is 2.16. The maximum atomic E-state index is 12.2. The summed E-state index contributed by atoms with van der Waals surface area (Å²) in [6.45, 7) is 6.02. The van der Waals surface area contributed by atoms with Gasteiger partial charge in [-0.1, -0.05) is 26.8 Å². The van der Waals surface area contributed by atoms with Crippen LogP contribution in [0.5, 0.6) is 0 Å². The Morgan fingerprint density at radius 3 is 1.93 bits per heavy atom. The molecule has 0 fully saturated rings. The number of anilines is 4. The van der Waals surface area contributed by atoms with Gasteiger partial charge in [0.15, 0.2) is 0 Å². The van der Waals surface area contributed by atoms with E-state index in [1.165, 1.54) is 0 Å². The Morgan fingerprint density at radius 2 is 1.33 bits per heavy atom. The molecule has 7 nitrogen and oxygen atoms in total. The van der Waals surface area contributed by atoms with Crippen molar-refractivity contribution in [2.75, 3.05) is 27.8 Å². The first-order valence-electron chi connectivity index (χ1n) is 10.2. The lowest BCUT2D eigenvalue weighted by molar-refractivity contribution is -0.117. The third-order valence-electron chi connectivity index (χ3n) is 4.12. The third-order valence-corrected chi connectivity index (χ3v) is 4.12. The minimum absolute atomic E-state index is 0.0286. The van der Waals surface area contributed by atoms with Gasteiger partial charge in [-0.3, -0.25) is 14.4 Å². The molecule has 0 saturated carbocycles. The van der Waals surface area contributed by atoms with Gasteiger partial charge < -0.3 is 21.3 Å². The number of hydrogen-bond donors (Lipinski definition) is 4. The molecule has 0 atom stereocenters. The van der Waals surface area contributed by atoms with Crippen LogP contribution < -0.4 is 21.3 Å². The van der Waals surface area contributed by atoms with E-state index in [0.29, 0.717) is 35.8 Å². The van der Waals surface area contributed by atoms with Gasteiger partial charge >= 0.3 is 0 Å². The summed E-state index contributed by atoms with van der Waals surface area (Å²) in [5.41, 5.74) is 2.76. The first-order chi connectivity index (χ1) is 14.4. The third kappa shape index (κ3) is 8.34. The zero-order valence-corrected chi connectivity index (χ0v) is 17.7. The van der Waals surface area contributed by atoms with Crippen LogP contribution in [-0.4, -0.2) is 24.3 Å². The fourth-order valence-corrected chi connectivity index (χ4v) is 2.76. The average Bonchev–Trinajstić information content (AvgIpc) is 2.68. The molecule has 0 radical (unpaired) electrons. The second-order valence-electron chi connectivity index (χ2n) is 7.50. The Bertz CT molecular complexity index is 863. The molecular formula is C23H30N4O3. The van der Waals surface area contributed by atoms with Crippen LogP contribution in [0, 0.1) is 5.92 Å². The fourth-order valence-electron chi connectivity index (χ4n) is 2.76. The van der Waals surface area contributed by atoms with E-state index in [4.69, 9.17) is 0 Å². The highest BCUT2D eigenvalue weighted by Gasteiger charge is 2.07. The molecule has 2 rings (SSSR count). The summed E-state index contributed by atoms with van der Waals surface area (Å²) in [5.74, 6) is 0.0340. The van der Waals surface area contributed by atoms with E-state index in [2.05, 4.69) is 21.3 Å². The van der Waals surface area contributed by atoms with Crippen LogP contribution in [0.2, 0.25) is 0 Å². The van der Waals surface area contributed by atoms with E-state index in [-0.39, 0.29) is 24.3 Å². The normalized spacial score (nSPS) is 10.4. The highest BCUT2D eigenvalue weighted by molar-refractivity contribution is 5.95. The standard InChI is InChI=1S/C23H30N4O3/c1-4-6-21(28)27-20-8-5-7-19(14-20)24-15-23(30)26-18-11-9-17(10-12-18)25-22(29)13-16(2)3/h5,7-12,14,16,24H,4,6,13,15H2,1-3H3,(H,25,29)(H,26,30)(H,27,28). The fraction of sp³-hybridized carbons (Fsp3) is 0.348. The molecule has 0 bridgehead atoms. The molecule has 7 heteroatoms. The topological polar surface area (TPSA) is 99.3 Å². The molecule has 0 aromatic heterocycles. The van der Waals surface area contributed by atoms with Crippen molar-refractivity contribution in [3.63, 3.8) is 0 Å². The van der Waals surface area contributed by atoms with E-state index >= 15 is 0 Å². The number of nitrogens with one attached hydrogen (secondary N) is 4. The van der Waals surface area contributed by atoms with Crippen LogP contribution in [0.3, 0.4) is 0 Å². The first kappa shape index (κ1) is 22.9. The SMILES string of the molecule is CCCC(=O)Nc1cccc(NCC(=O)Nc2ccc(NC(=O)CC(C)C)cc2)c1. The lowest BCUT2D eigenvalue weighted by Crippen LogP contribution is -2.21. The molecule has 4 N–H and O–H groups in total. The molecule has 2 aromatic rings. The zero-order valence-electron chi connectivity index (χ0n) is 17.7. The summed E-state index contributed by atoms with van der Waals surface area (Å²) in [6, 6.07) is 14.2. The Hall–Kier alpha value is -3.35. The van der Waals surface area contributed by atoms with Crippen LogP contribution >= 0.6 is 0 Å². The van der Waals surface area contributed by atoms with E-state index in [9.17, 15) is 14.4 Å². The van der Waals surface area contributed by atoms with Gasteiger partial charge in [0, 0.05) is 35.6 Å². The second-order valence-corrected chi connectivity index (χ2v) is 7.50. The van der Waals surface area contributed by atoms with Gasteiger partial charge in [0.1, 0.15) is 0 Å². The molecule has 0 saturated heterocycles. The largest absolute Gasteiger partial charge is 0.376 e. The minimum atomic E-state index is -0.202. The van der Waals surface area contributed by atoms with Crippen molar-refractivity contribution in [1.29, 1.82) is 0 Å². The summed E-state index contributed by atoms with van der Waals surface area (Å²) < 4.78 is 0. The Labute approximate surface area is 177 Å². The smallest absolute Gasteiger partial charge is 0.243 e. The van der Waals surface area contributed by atoms with Crippen molar-refractivity contribution in [2.24, 2.45) is 5.92 Å². The molecular weight excluding hydrogens is 380 g/mol. The van der Waals surface area contributed by atoms with E-state index in [1.54, 1.807) is 36.4 Å². The molecule has 0 aliphatic heterocycles. The van der Waals surface area contributed by atoms with Crippen molar-refractivity contribution < 1.29 is 14.4 Å². The van der Waals surface area contributed by atoms with Gasteiger partial charge in [0.25, 0.3) is 0 Å². The molecule has 2 aromatic carbocycles. The van der Waals surface area contributed by atoms with Crippen molar-refractivity contribution in [3.05, 3.63) is 48.5 Å². The number of carbonyl (C=O) groups is 3. The number of benzene rings is 2. The average molecular weight is 411 g/mol. The van der Waals surface area contributed by atoms with Gasteiger partial charge in [0.05, 0.1) is 6.54 Å². The van der Waals surface area contributed by atoms with E-state index in [1.807, 2.05) is 32.9 Å². The number of rotatable bonds is 10. The van der Waals surface area contributed by atoms with Crippen molar-refractivity contribution in [3.8, 4) is 0 Å². The molecule has 30 heavy (non-hydrogen) atoms. The monoisotopic (exact) mass is 410 g/mol. The lowest BCUT2D eigenvalue weighted by Gasteiger charge is -2.11. The summed E-state index contributed by atoms with van der Waals surface area (Å²) in [6.07, 6.45) is 1.73. The van der Waals surface area contributed by atoms with Gasteiger partial charge in [-0.2, -0.15) is 0 Å². The maximum absolute atomic E-state index is 12.2. The van der Waals surface area contributed by atoms with Crippen LogP contribution in [0.1, 0.15) is 40.0 Å². The number of hydrogen-bond acceptors (Lipinski definition) is 4. The Kier molecular flexibility index (Phi) is 8.87. The molecule has 0 aliphatic rings. The van der Waals surface area contributed by atoms with Crippen molar-refractivity contribution in [1.82, 2.24) is 0 Å². The van der Waals surface area contributed by atoms with E-state index in [0.717, 1.165) is 12.1 Å². The van der Waals surface area contributed by atoms with Crippen molar-refractivity contribution in [2.45, 2.75) is 40.0 Å². The second kappa shape index (κ2) is 11.6. The number of amides is 3. The van der Waals surface area contributed by atoms with Gasteiger partial charge in [-0.25, -0.2) is 0 Å². The first-order valence-corrected chi connectivity index (χ1v) is 10.2. The molecule has 3 amide bonds. The van der Waals surface area contributed by atoms with Gasteiger partial charge in [-0.15, -0.1) is 0 Å². The summed E-state index contributed by atoms with van der Waals surface area (Å²) in [4.78, 5) is 35.7. The van der Waals surface area contributed by atoms with Crippen LogP contribution in [-0.2, 0) is 14.4 Å². The highest BCUT2D eigenvalue weighted by atomic mass is 16.2. The van der Waals surface area contributed by atoms with Crippen LogP contribution in [0.15, 0.2) is 48.5 Å². The summed E-state index contributed by atoms with van der Waals surface area (Å²) in [7, 11) is 0. The molecule has 0 aliphatic carbocycles. The molecule has 0 heterocycles. The summed E-state index contributed by atoms with van der Waals surface area (Å²) >= 11 is 0. The Morgan fingerprint density at radius 1 is 0.767 bits per heavy atom. The molecule has 160 valence electrons. The quantitative estimate of drug-likeness (QED) is 0.465. The van der Waals surface area contributed by atoms with Gasteiger partial charge in [-0.05, 0) is 54.8 Å². The predicted molar refractivity (Wildman–Crippen MR) is 122 cm³/mol. The minimum Gasteiger partial charge on any atom is -0.376 e. The molecule has 0 unspecified atom stereocenters. The van der Waals surface area contributed by atoms with Gasteiger partial charge in [0.2, 0.25) is 17.7 Å². The lowest BCUT2D eigenvalue weighted by atomic mass is 10.1. The summed E-state index contributed by atoms with van der Waals surface area (Å²) in [5, 5.41) is 11.5. The van der Waals surface area contributed by atoms with Crippen molar-refractivity contribution >= 4 is 40.5 Å². The van der Waals surface area contributed by atoms with E-state index < -0.39 is 0 Å². The predicted octanol–water partition coefficient (Wildman–Crippen LogP) is 4.46. The van der Waals surface area contributed by atoms with Crippen LogP contribution in [0.4, 0.5) is 22.7 Å². The Balaban J connectivity index is 1.82. The van der Waals surface area contributed by atoms with Crippen LogP contribution in [0.25, 0.3) is 0 Å². The molecule has 0 spiro atoms. The maximum Gasteiger partial charge on any atom is 0.243 e. The zero-order chi connectivity index (χ0) is 21.9. The number of carbonyl (C=O) groups excluding carboxylic acids is 3.